The molecule has 1 N–H and O–H groups in total. The molecule has 7 nitrogen and oxygen atoms in total. The van der Waals surface area contributed by atoms with Crippen LogP contribution in [0.4, 0.5) is 11.5 Å². The van der Waals surface area contributed by atoms with Gasteiger partial charge in [0.05, 0.1) is 23.3 Å². The zero-order valence-corrected chi connectivity index (χ0v) is 14.7. The summed E-state index contributed by atoms with van der Waals surface area (Å²) in [4.78, 5) is 18.7. The van der Waals surface area contributed by atoms with Crippen molar-refractivity contribution in [3.8, 4) is 5.69 Å². The molecule has 1 aromatic carbocycles. The minimum atomic E-state index is -0.310. The van der Waals surface area contributed by atoms with Gasteiger partial charge < -0.3 is 10.2 Å². The summed E-state index contributed by atoms with van der Waals surface area (Å²) in [6, 6.07) is 11.5. The molecule has 0 spiro atoms. The summed E-state index contributed by atoms with van der Waals surface area (Å²) in [6.07, 6.45) is 1.62. The van der Waals surface area contributed by atoms with Crippen LogP contribution in [0.1, 0.15) is 21.7 Å². The number of rotatable bonds is 4. The van der Waals surface area contributed by atoms with E-state index in [-0.39, 0.29) is 11.6 Å². The van der Waals surface area contributed by atoms with Crippen LogP contribution in [0.2, 0.25) is 0 Å². The highest BCUT2D eigenvalue weighted by atomic mass is 16.2. The molecular formula is C18H20N6O. The number of hydrogen-bond donors (Lipinski definition) is 1. The standard InChI is InChI=1S/C18H20N6O/c1-12-5-8-15(9-6-12)24-13(2)17(21-22-24)18(25)20-14-7-10-16(19-11-14)23(3)4/h5-11H,1-4H3,(H,20,25). The van der Waals surface area contributed by atoms with Crippen LogP contribution in [0.15, 0.2) is 42.6 Å². The third-order valence-electron chi connectivity index (χ3n) is 3.85. The van der Waals surface area contributed by atoms with Crippen molar-refractivity contribution < 1.29 is 4.79 Å². The lowest BCUT2D eigenvalue weighted by Crippen LogP contribution is -2.15. The first kappa shape index (κ1) is 16.6. The number of nitrogens with one attached hydrogen (secondary N) is 1. The van der Waals surface area contributed by atoms with Crippen LogP contribution < -0.4 is 10.2 Å². The molecule has 128 valence electrons. The van der Waals surface area contributed by atoms with Crippen LogP contribution in [-0.4, -0.2) is 40.0 Å². The van der Waals surface area contributed by atoms with E-state index in [1.54, 1.807) is 16.9 Å². The van der Waals surface area contributed by atoms with Crippen LogP contribution in [0.5, 0.6) is 0 Å². The van der Waals surface area contributed by atoms with Gasteiger partial charge in [-0.1, -0.05) is 22.9 Å². The van der Waals surface area contributed by atoms with Crippen molar-refractivity contribution in [3.05, 3.63) is 59.5 Å². The number of aryl methyl sites for hydroxylation is 1. The summed E-state index contributed by atoms with van der Waals surface area (Å²) in [7, 11) is 3.82. The van der Waals surface area contributed by atoms with E-state index in [4.69, 9.17) is 0 Å². The molecule has 0 saturated carbocycles. The highest BCUT2D eigenvalue weighted by Gasteiger charge is 2.17. The Kier molecular flexibility index (Phi) is 4.47. The summed E-state index contributed by atoms with van der Waals surface area (Å²) in [5, 5.41) is 10.9. The minimum Gasteiger partial charge on any atom is -0.363 e. The van der Waals surface area contributed by atoms with E-state index >= 15 is 0 Å². The summed E-state index contributed by atoms with van der Waals surface area (Å²) in [6.45, 7) is 3.84. The number of benzene rings is 1. The van der Waals surface area contributed by atoms with E-state index in [0.29, 0.717) is 11.4 Å². The number of carbonyl (C=O) groups excluding carboxylic acids is 1. The largest absolute Gasteiger partial charge is 0.363 e. The summed E-state index contributed by atoms with van der Waals surface area (Å²) >= 11 is 0. The molecule has 0 atom stereocenters. The van der Waals surface area contributed by atoms with Gasteiger partial charge in [-0.05, 0) is 38.1 Å². The van der Waals surface area contributed by atoms with Gasteiger partial charge in [0.2, 0.25) is 0 Å². The van der Waals surface area contributed by atoms with Crippen molar-refractivity contribution in [2.75, 3.05) is 24.3 Å². The Morgan fingerprint density at radius 3 is 2.40 bits per heavy atom. The fourth-order valence-corrected chi connectivity index (χ4v) is 2.39. The summed E-state index contributed by atoms with van der Waals surface area (Å²) < 4.78 is 1.65. The Balaban J connectivity index is 1.80. The van der Waals surface area contributed by atoms with E-state index in [1.807, 2.05) is 63.2 Å². The maximum Gasteiger partial charge on any atom is 0.278 e. The molecule has 0 radical (unpaired) electrons. The number of pyridine rings is 1. The molecule has 2 aromatic heterocycles. The number of amides is 1. The average molecular weight is 336 g/mol. The van der Waals surface area contributed by atoms with E-state index < -0.39 is 0 Å². The fourth-order valence-electron chi connectivity index (χ4n) is 2.39. The summed E-state index contributed by atoms with van der Waals surface area (Å²) in [5.74, 6) is 0.509. The average Bonchev–Trinajstić information content (AvgIpc) is 2.98. The normalized spacial score (nSPS) is 10.6. The van der Waals surface area contributed by atoms with Gasteiger partial charge in [0, 0.05) is 14.1 Å². The highest BCUT2D eigenvalue weighted by molar-refractivity contribution is 6.03. The first-order valence-corrected chi connectivity index (χ1v) is 7.90. The highest BCUT2D eigenvalue weighted by Crippen LogP contribution is 2.16. The monoisotopic (exact) mass is 336 g/mol. The number of anilines is 2. The lowest BCUT2D eigenvalue weighted by atomic mass is 10.2. The second-order valence-electron chi connectivity index (χ2n) is 6.02. The molecule has 2 heterocycles. The van der Waals surface area contributed by atoms with Crippen molar-refractivity contribution in [1.82, 2.24) is 20.0 Å². The number of hydrogen-bond acceptors (Lipinski definition) is 5. The molecule has 3 aromatic rings. The molecule has 25 heavy (non-hydrogen) atoms. The minimum absolute atomic E-state index is 0.289. The van der Waals surface area contributed by atoms with Gasteiger partial charge in [-0.25, -0.2) is 9.67 Å². The maximum atomic E-state index is 12.5. The number of carbonyl (C=O) groups is 1. The van der Waals surface area contributed by atoms with E-state index in [2.05, 4.69) is 20.6 Å². The first-order chi connectivity index (χ1) is 12.0. The molecule has 0 saturated heterocycles. The van der Waals surface area contributed by atoms with Crippen molar-refractivity contribution >= 4 is 17.4 Å². The molecule has 7 heteroatoms. The molecule has 1 amide bonds. The van der Waals surface area contributed by atoms with Gasteiger partial charge in [-0.2, -0.15) is 0 Å². The number of nitrogens with zero attached hydrogens (tertiary/aromatic N) is 5. The van der Waals surface area contributed by atoms with Gasteiger partial charge in [0.25, 0.3) is 5.91 Å². The Labute approximate surface area is 146 Å². The van der Waals surface area contributed by atoms with Crippen molar-refractivity contribution in [1.29, 1.82) is 0 Å². The van der Waals surface area contributed by atoms with Gasteiger partial charge in [0.1, 0.15) is 5.82 Å². The van der Waals surface area contributed by atoms with Crippen molar-refractivity contribution in [2.24, 2.45) is 0 Å². The predicted octanol–water partition coefficient (Wildman–Crippen LogP) is 2.60. The maximum absolute atomic E-state index is 12.5. The van der Waals surface area contributed by atoms with Crippen molar-refractivity contribution in [2.45, 2.75) is 13.8 Å². The fraction of sp³-hybridized carbons (Fsp3) is 0.222. The molecule has 0 bridgehead atoms. The molecule has 0 aliphatic carbocycles. The van der Waals surface area contributed by atoms with Crippen LogP contribution in [0, 0.1) is 13.8 Å². The summed E-state index contributed by atoms with van der Waals surface area (Å²) in [5.41, 5.74) is 3.61. The van der Waals surface area contributed by atoms with E-state index in [1.165, 1.54) is 0 Å². The van der Waals surface area contributed by atoms with E-state index in [9.17, 15) is 4.79 Å². The zero-order chi connectivity index (χ0) is 18.0. The topological polar surface area (TPSA) is 75.9 Å². The first-order valence-electron chi connectivity index (χ1n) is 7.90. The van der Waals surface area contributed by atoms with Gasteiger partial charge in [0.15, 0.2) is 5.69 Å². The van der Waals surface area contributed by atoms with Crippen LogP contribution in [0.25, 0.3) is 5.69 Å². The molecule has 3 rings (SSSR count). The van der Waals surface area contributed by atoms with Crippen LogP contribution in [0.3, 0.4) is 0 Å². The van der Waals surface area contributed by atoms with E-state index in [0.717, 1.165) is 17.1 Å². The third-order valence-corrected chi connectivity index (χ3v) is 3.85. The predicted molar refractivity (Wildman–Crippen MR) is 97.4 cm³/mol. The van der Waals surface area contributed by atoms with Crippen LogP contribution in [-0.2, 0) is 0 Å². The van der Waals surface area contributed by atoms with Crippen LogP contribution >= 0.6 is 0 Å². The molecule has 0 aliphatic heterocycles. The van der Waals surface area contributed by atoms with Crippen molar-refractivity contribution in [3.63, 3.8) is 0 Å². The van der Waals surface area contributed by atoms with Gasteiger partial charge in [-0.3, -0.25) is 4.79 Å². The Bertz CT molecular complexity index is 881. The second-order valence-corrected chi connectivity index (χ2v) is 6.02. The SMILES string of the molecule is Cc1ccc(-n2nnc(C(=O)Nc3ccc(N(C)C)nc3)c2C)cc1. The lowest BCUT2D eigenvalue weighted by molar-refractivity contribution is 0.102. The Morgan fingerprint density at radius 1 is 1.08 bits per heavy atom. The molecular weight excluding hydrogens is 316 g/mol. The quantitative estimate of drug-likeness (QED) is 0.792. The van der Waals surface area contributed by atoms with Gasteiger partial charge >= 0.3 is 0 Å². The lowest BCUT2D eigenvalue weighted by Gasteiger charge is -2.11. The molecule has 0 aliphatic rings. The second kappa shape index (κ2) is 6.72. The molecule has 0 fully saturated rings. The zero-order valence-electron chi connectivity index (χ0n) is 14.7. The smallest absolute Gasteiger partial charge is 0.278 e. The third kappa shape index (κ3) is 3.50. The Hall–Kier alpha value is -3.22. The number of aromatic nitrogens is 4. The molecule has 0 unspecified atom stereocenters. The van der Waals surface area contributed by atoms with Gasteiger partial charge in [-0.15, -0.1) is 5.10 Å². The Morgan fingerprint density at radius 2 is 1.80 bits per heavy atom.